The second-order valence-corrected chi connectivity index (χ2v) is 2.44. The van der Waals surface area contributed by atoms with Gasteiger partial charge in [0.15, 0.2) is 0 Å². The smallest absolute Gasteiger partial charge is 0.0179 e. The highest BCUT2D eigenvalue weighted by Crippen LogP contribution is 1.92. The molecule has 0 heterocycles. The van der Waals surface area contributed by atoms with Gasteiger partial charge < -0.3 is 0 Å². The Morgan fingerprint density at radius 3 is 2.62 bits per heavy atom. The van der Waals surface area contributed by atoms with Crippen molar-refractivity contribution in [3.05, 3.63) is 0 Å². The second-order valence-electron chi connectivity index (χ2n) is 1.45. The molecule has 8 heavy (non-hydrogen) atoms. The Balaban J connectivity index is 2.90. The number of hydrogen-bond acceptors (Lipinski definition) is 1. The van der Waals surface area contributed by atoms with Crippen LogP contribution in [0.1, 0.15) is 19.8 Å². The van der Waals surface area contributed by atoms with Crippen molar-refractivity contribution < 1.29 is 0 Å². The Kier molecular flexibility index (Phi) is 6.83. The molecule has 46 valence electrons. The second kappa shape index (κ2) is 6.91. The average molecular weight is 128 g/mol. The molecule has 0 N–H and O–H groups in total. The van der Waals surface area contributed by atoms with Gasteiger partial charge in [-0.25, -0.2) is 0 Å². The summed E-state index contributed by atoms with van der Waals surface area (Å²) in [6, 6.07) is 0. The zero-order chi connectivity index (χ0) is 6.24. The van der Waals surface area contributed by atoms with E-state index in [1.54, 1.807) is 0 Å². The lowest BCUT2D eigenvalue weighted by Crippen LogP contribution is -1.70. The van der Waals surface area contributed by atoms with E-state index in [2.05, 4.69) is 25.0 Å². The maximum atomic E-state index is 3.07. The summed E-state index contributed by atoms with van der Waals surface area (Å²) in [5, 5.41) is 0. The highest BCUT2D eigenvalue weighted by Gasteiger charge is 1.73. The zero-order valence-corrected chi connectivity index (χ0v) is 6.35. The standard InChI is InChI=1S/C7H12S/c1-3-4-5-6-7-8-2/h3,6-7H2,1-2H3. The first-order valence-corrected chi connectivity index (χ1v) is 4.25. The van der Waals surface area contributed by atoms with Gasteiger partial charge in [0.25, 0.3) is 0 Å². The van der Waals surface area contributed by atoms with Gasteiger partial charge in [-0.15, -0.1) is 11.8 Å². The van der Waals surface area contributed by atoms with E-state index >= 15 is 0 Å². The maximum Gasteiger partial charge on any atom is 0.0179 e. The Labute approximate surface area is 56.1 Å². The van der Waals surface area contributed by atoms with Crippen LogP contribution in [0.2, 0.25) is 0 Å². The lowest BCUT2D eigenvalue weighted by molar-refractivity contribution is 1.24. The molecular weight excluding hydrogens is 116 g/mol. The number of rotatable bonds is 2. The molecule has 0 unspecified atom stereocenters. The van der Waals surface area contributed by atoms with E-state index in [4.69, 9.17) is 0 Å². The molecule has 0 saturated carbocycles. The molecule has 0 radical (unpaired) electrons. The Hall–Kier alpha value is -0.0900. The molecule has 0 bridgehead atoms. The zero-order valence-electron chi connectivity index (χ0n) is 5.53. The number of hydrogen-bond donors (Lipinski definition) is 0. The minimum atomic E-state index is 0.994. The first-order valence-electron chi connectivity index (χ1n) is 2.86. The minimum absolute atomic E-state index is 0.994. The molecule has 0 atom stereocenters. The summed E-state index contributed by atoms with van der Waals surface area (Å²) in [7, 11) is 0. The Morgan fingerprint density at radius 2 is 2.12 bits per heavy atom. The summed E-state index contributed by atoms with van der Waals surface area (Å²) in [5.74, 6) is 7.26. The van der Waals surface area contributed by atoms with Crippen LogP contribution in [0, 0.1) is 11.8 Å². The minimum Gasteiger partial charge on any atom is -0.164 e. The molecule has 0 saturated heterocycles. The van der Waals surface area contributed by atoms with E-state index in [1.165, 1.54) is 5.75 Å². The molecule has 0 aliphatic carbocycles. The first kappa shape index (κ1) is 7.91. The van der Waals surface area contributed by atoms with Crippen molar-refractivity contribution in [2.45, 2.75) is 19.8 Å². The van der Waals surface area contributed by atoms with Crippen LogP contribution >= 0.6 is 11.8 Å². The normalized spacial score (nSPS) is 7.75. The van der Waals surface area contributed by atoms with Gasteiger partial charge in [-0.3, -0.25) is 0 Å². The molecule has 0 fully saturated rings. The van der Waals surface area contributed by atoms with Gasteiger partial charge in [0.05, 0.1) is 0 Å². The monoisotopic (exact) mass is 128 g/mol. The van der Waals surface area contributed by atoms with Crippen LogP contribution in [0.15, 0.2) is 0 Å². The molecule has 0 aliphatic rings. The topological polar surface area (TPSA) is 0 Å². The fraction of sp³-hybridized carbons (Fsp3) is 0.714. The SMILES string of the molecule is CCC#CCCSC. The van der Waals surface area contributed by atoms with Crippen LogP contribution in [0.3, 0.4) is 0 Å². The van der Waals surface area contributed by atoms with Gasteiger partial charge in [-0.2, -0.15) is 11.8 Å². The molecule has 0 rings (SSSR count). The fourth-order valence-electron chi connectivity index (χ4n) is 0.366. The molecule has 0 spiro atoms. The molecule has 0 aromatic heterocycles. The van der Waals surface area contributed by atoms with Crippen LogP contribution < -0.4 is 0 Å². The third kappa shape index (κ3) is 5.91. The van der Waals surface area contributed by atoms with Crippen LogP contribution in [0.25, 0.3) is 0 Å². The van der Waals surface area contributed by atoms with Gasteiger partial charge in [-0.1, -0.05) is 6.92 Å². The highest BCUT2D eigenvalue weighted by atomic mass is 32.2. The molecule has 0 nitrogen and oxygen atoms in total. The third-order valence-electron chi connectivity index (χ3n) is 0.733. The molecular formula is C7H12S. The quantitative estimate of drug-likeness (QED) is 0.405. The van der Waals surface area contributed by atoms with Crippen LogP contribution in [0.5, 0.6) is 0 Å². The summed E-state index contributed by atoms with van der Waals surface area (Å²) >= 11 is 1.85. The number of thioether (sulfide) groups is 1. The highest BCUT2D eigenvalue weighted by molar-refractivity contribution is 7.98. The van der Waals surface area contributed by atoms with E-state index in [1.807, 2.05) is 11.8 Å². The Morgan fingerprint density at radius 1 is 1.38 bits per heavy atom. The van der Waals surface area contributed by atoms with Crippen molar-refractivity contribution in [2.75, 3.05) is 12.0 Å². The Bertz CT molecular complexity index is 86.3. The molecule has 1 heteroatoms. The van der Waals surface area contributed by atoms with Crippen molar-refractivity contribution in [2.24, 2.45) is 0 Å². The van der Waals surface area contributed by atoms with E-state index in [0.717, 1.165) is 12.8 Å². The van der Waals surface area contributed by atoms with Gasteiger partial charge in [0, 0.05) is 18.6 Å². The predicted octanol–water partition coefficient (Wildman–Crippen LogP) is 2.15. The summed E-state index contributed by atoms with van der Waals surface area (Å²) in [4.78, 5) is 0. The van der Waals surface area contributed by atoms with Crippen LogP contribution in [0.4, 0.5) is 0 Å². The first-order chi connectivity index (χ1) is 3.91. The molecule has 0 aromatic rings. The van der Waals surface area contributed by atoms with Gasteiger partial charge in [0.1, 0.15) is 0 Å². The van der Waals surface area contributed by atoms with E-state index in [0.29, 0.717) is 0 Å². The van der Waals surface area contributed by atoms with Crippen LogP contribution in [-0.4, -0.2) is 12.0 Å². The third-order valence-corrected chi connectivity index (χ3v) is 1.35. The van der Waals surface area contributed by atoms with Gasteiger partial charge in [0.2, 0.25) is 0 Å². The van der Waals surface area contributed by atoms with E-state index in [9.17, 15) is 0 Å². The summed E-state index contributed by atoms with van der Waals surface area (Å²) in [5.41, 5.74) is 0. The molecule has 0 amide bonds. The van der Waals surface area contributed by atoms with Crippen molar-refractivity contribution in [3.63, 3.8) is 0 Å². The lowest BCUT2D eigenvalue weighted by Gasteiger charge is -1.82. The van der Waals surface area contributed by atoms with Crippen molar-refractivity contribution in [1.82, 2.24) is 0 Å². The molecule has 0 aliphatic heterocycles. The maximum absolute atomic E-state index is 3.07. The average Bonchev–Trinajstić information content (AvgIpc) is 1.81. The summed E-state index contributed by atoms with van der Waals surface area (Å²) < 4.78 is 0. The summed E-state index contributed by atoms with van der Waals surface area (Å²) in [6.45, 7) is 2.08. The van der Waals surface area contributed by atoms with Crippen LogP contribution in [-0.2, 0) is 0 Å². The van der Waals surface area contributed by atoms with Gasteiger partial charge >= 0.3 is 0 Å². The summed E-state index contributed by atoms with van der Waals surface area (Å²) in [6.07, 6.45) is 4.15. The van der Waals surface area contributed by atoms with Gasteiger partial charge in [-0.05, 0) is 6.26 Å². The predicted molar refractivity (Wildman–Crippen MR) is 41.1 cm³/mol. The fourth-order valence-corrected chi connectivity index (χ4v) is 0.673. The lowest BCUT2D eigenvalue weighted by atomic mass is 10.4. The van der Waals surface area contributed by atoms with Crippen molar-refractivity contribution in [3.8, 4) is 11.8 Å². The van der Waals surface area contributed by atoms with Crippen molar-refractivity contribution >= 4 is 11.8 Å². The van der Waals surface area contributed by atoms with E-state index in [-0.39, 0.29) is 0 Å². The van der Waals surface area contributed by atoms with E-state index < -0.39 is 0 Å². The largest absolute Gasteiger partial charge is 0.164 e. The van der Waals surface area contributed by atoms with Crippen molar-refractivity contribution in [1.29, 1.82) is 0 Å². The molecule has 0 aromatic carbocycles.